The van der Waals surface area contributed by atoms with E-state index in [2.05, 4.69) is 10.1 Å². The van der Waals surface area contributed by atoms with Crippen LogP contribution in [0.2, 0.25) is 0 Å². The number of hydrogen-bond acceptors (Lipinski definition) is 5. The van der Waals surface area contributed by atoms with E-state index in [-0.39, 0.29) is 11.5 Å². The molecule has 5 nitrogen and oxygen atoms in total. The fourth-order valence-corrected chi connectivity index (χ4v) is 1.90. The number of nitrogen functional groups attached to an aromatic ring is 1. The molecule has 1 aliphatic carbocycles. The van der Waals surface area contributed by atoms with Crippen molar-refractivity contribution in [1.82, 2.24) is 10.1 Å². The monoisotopic (exact) mass is 182 g/mol. The van der Waals surface area contributed by atoms with E-state index in [9.17, 15) is 0 Å². The maximum Gasteiger partial charge on any atom is 0.260 e. The molecule has 2 rings (SSSR count). The molecule has 4 N–H and O–H groups in total. The molecule has 0 aliphatic heterocycles. The molecule has 0 unspecified atom stereocenters. The molecule has 0 radical (unpaired) electrons. The first-order valence-electron chi connectivity index (χ1n) is 4.55. The van der Waals surface area contributed by atoms with Crippen molar-refractivity contribution in [3.8, 4) is 0 Å². The second-order valence-corrected chi connectivity index (χ2v) is 3.79. The molecule has 1 aliphatic rings. The van der Waals surface area contributed by atoms with Gasteiger partial charge in [0.2, 0.25) is 5.89 Å². The summed E-state index contributed by atoms with van der Waals surface area (Å²) in [5, 5.41) is 3.53. The lowest BCUT2D eigenvalue weighted by Crippen LogP contribution is -2.38. The van der Waals surface area contributed by atoms with Gasteiger partial charge >= 0.3 is 0 Å². The molecule has 72 valence electrons. The summed E-state index contributed by atoms with van der Waals surface area (Å²) < 4.78 is 4.93. The Hall–Kier alpha value is -1.10. The van der Waals surface area contributed by atoms with Crippen molar-refractivity contribution < 1.29 is 4.52 Å². The largest absolute Gasteiger partial charge is 0.365 e. The molecule has 1 aromatic heterocycles. The van der Waals surface area contributed by atoms with E-state index in [1.54, 1.807) is 0 Å². The first-order valence-corrected chi connectivity index (χ1v) is 4.55. The molecule has 0 aromatic carbocycles. The van der Waals surface area contributed by atoms with Crippen LogP contribution in [0, 0.1) is 0 Å². The third-order valence-corrected chi connectivity index (χ3v) is 2.59. The number of aromatic nitrogens is 2. The molecule has 0 spiro atoms. The van der Waals surface area contributed by atoms with Crippen LogP contribution >= 0.6 is 0 Å². The van der Waals surface area contributed by atoms with E-state index in [1.165, 1.54) is 12.8 Å². The smallest absolute Gasteiger partial charge is 0.260 e. The van der Waals surface area contributed by atoms with Crippen molar-refractivity contribution in [2.24, 2.45) is 5.73 Å². The van der Waals surface area contributed by atoms with Crippen molar-refractivity contribution in [3.05, 3.63) is 5.89 Å². The van der Waals surface area contributed by atoms with Crippen LogP contribution in [0.1, 0.15) is 31.6 Å². The zero-order valence-electron chi connectivity index (χ0n) is 7.49. The van der Waals surface area contributed by atoms with Crippen LogP contribution in [0.3, 0.4) is 0 Å². The molecule has 5 heteroatoms. The Balaban J connectivity index is 2.04. The van der Waals surface area contributed by atoms with Gasteiger partial charge in [0.05, 0.1) is 0 Å². The molecule has 1 heterocycles. The molecule has 1 saturated carbocycles. The van der Waals surface area contributed by atoms with Crippen LogP contribution in [0.5, 0.6) is 0 Å². The lowest BCUT2D eigenvalue weighted by molar-refractivity contribution is 0.329. The maximum atomic E-state index is 6.13. The lowest BCUT2D eigenvalue weighted by atomic mass is 9.95. The topological polar surface area (TPSA) is 91.0 Å². The van der Waals surface area contributed by atoms with Gasteiger partial charge in [-0.1, -0.05) is 12.8 Å². The first-order chi connectivity index (χ1) is 6.18. The minimum Gasteiger partial charge on any atom is -0.365 e. The molecule has 1 fully saturated rings. The summed E-state index contributed by atoms with van der Waals surface area (Å²) in [6, 6.07) is 0. The highest BCUT2D eigenvalue weighted by atomic mass is 16.5. The van der Waals surface area contributed by atoms with Crippen molar-refractivity contribution in [2.75, 3.05) is 5.73 Å². The van der Waals surface area contributed by atoms with E-state index >= 15 is 0 Å². The highest BCUT2D eigenvalue weighted by Gasteiger charge is 2.31. The Morgan fingerprint density at radius 2 is 2.08 bits per heavy atom. The van der Waals surface area contributed by atoms with Gasteiger partial charge in [-0.25, -0.2) is 0 Å². The zero-order valence-corrected chi connectivity index (χ0v) is 7.49. The predicted octanol–water partition coefficient (Wildman–Crippen LogP) is 0.466. The average Bonchev–Trinajstić information content (AvgIpc) is 2.62. The van der Waals surface area contributed by atoms with Gasteiger partial charge in [-0.15, -0.1) is 0 Å². The molecule has 0 amide bonds. The van der Waals surface area contributed by atoms with E-state index in [1.807, 2.05) is 0 Å². The van der Waals surface area contributed by atoms with E-state index in [4.69, 9.17) is 16.0 Å². The number of nitrogens with zero attached hydrogens (tertiary/aromatic N) is 2. The second kappa shape index (κ2) is 2.99. The summed E-state index contributed by atoms with van der Waals surface area (Å²) in [6.07, 6.45) is 5.11. The summed E-state index contributed by atoms with van der Waals surface area (Å²) in [5.41, 5.74) is 11.3. The second-order valence-electron chi connectivity index (χ2n) is 3.79. The quantitative estimate of drug-likeness (QED) is 0.693. The molecule has 13 heavy (non-hydrogen) atoms. The molecule has 0 saturated heterocycles. The molecule has 0 bridgehead atoms. The minimum absolute atomic E-state index is 0.140. The summed E-state index contributed by atoms with van der Waals surface area (Å²) in [7, 11) is 0. The van der Waals surface area contributed by atoms with Gasteiger partial charge in [0.15, 0.2) is 0 Å². The van der Waals surface area contributed by atoms with Crippen molar-refractivity contribution >= 4 is 5.95 Å². The number of nitrogens with two attached hydrogens (primary N) is 2. The van der Waals surface area contributed by atoms with Gasteiger partial charge in [0.1, 0.15) is 0 Å². The molecular formula is C8H14N4O. The van der Waals surface area contributed by atoms with Crippen LogP contribution in [-0.4, -0.2) is 15.7 Å². The van der Waals surface area contributed by atoms with Crippen LogP contribution in [-0.2, 0) is 6.42 Å². The average molecular weight is 182 g/mol. The fourth-order valence-electron chi connectivity index (χ4n) is 1.90. The first kappa shape index (κ1) is 8.50. The number of anilines is 1. The normalized spacial score (nSPS) is 20.7. The summed E-state index contributed by atoms with van der Waals surface area (Å²) in [6.45, 7) is 0. The minimum atomic E-state index is -0.140. The van der Waals surface area contributed by atoms with Crippen molar-refractivity contribution in [2.45, 2.75) is 37.6 Å². The van der Waals surface area contributed by atoms with Gasteiger partial charge in [-0.2, -0.15) is 4.98 Å². The van der Waals surface area contributed by atoms with Crippen LogP contribution in [0.4, 0.5) is 5.95 Å². The van der Waals surface area contributed by atoms with E-state index < -0.39 is 0 Å². The predicted molar refractivity (Wildman–Crippen MR) is 47.8 cm³/mol. The number of hydrogen-bond donors (Lipinski definition) is 2. The Morgan fingerprint density at radius 3 is 2.62 bits per heavy atom. The van der Waals surface area contributed by atoms with E-state index in [0.29, 0.717) is 12.3 Å². The standard InChI is InChI=1S/C8H14N4O/c9-7-11-6(13-12-7)5-8(10)3-1-2-4-8/h1-5,10H2,(H2,9,12). The van der Waals surface area contributed by atoms with Crippen molar-refractivity contribution in [1.29, 1.82) is 0 Å². The van der Waals surface area contributed by atoms with E-state index in [0.717, 1.165) is 12.8 Å². The van der Waals surface area contributed by atoms with Crippen molar-refractivity contribution in [3.63, 3.8) is 0 Å². The fraction of sp³-hybridized carbons (Fsp3) is 0.750. The third kappa shape index (κ3) is 1.80. The zero-order chi connectivity index (χ0) is 9.31. The Bertz CT molecular complexity index is 290. The maximum absolute atomic E-state index is 6.13. The summed E-state index contributed by atoms with van der Waals surface area (Å²) in [5.74, 6) is 0.749. The lowest BCUT2D eigenvalue weighted by Gasteiger charge is -2.20. The van der Waals surface area contributed by atoms with Gasteiger partial charge in [-0.05, 0) is 18.0 Å². The number of rotatable bonds is 2. The van der Waals surface area contributed by atoms with Gasteiger partial charge < -0.3 is 16.0 Å². The SMILES string of the molecule is Nc1noc(CC2(N)CCCC2)n1. The van der Waals surface area contributed by atoms with Gasteiger partial charge in [0, 0.05) is 12.0 Å². The summed E-state index contributed by atoms with van der Waals surface area (Å²) in [4.78, 5) is 3.94. The van der Waals surface area contributed by atoms with Gasteiger partial charge in [-0.3, -0.25) is 0 Å². The third-order valence-electron chi connectivity index (χ3n) is 2.59. The van der Waals surface area contributed by atoms with Crippen LogP contribution in [0.15, 0.2) is 4.52 Å². The Labute approximate surface area is 76.5 Å². The van der Waals surface area contributed by atoms with Crippen LogP contribution in [0.25, 0.3) is 0 Å². The highest BCUT2D eigenvalue weighted by molar-refractivity contribution is 5.11. The highest BCUT2D eigenvalue weighted by Crippen LogP contribution is 2.29. The van der Waals surface area contributed by atoms with Gasteiger partial charge in [0.25, 0.3) is 5.95 Å². The molecule has 0 atom stereocenters. The summed E-state index contributed by atoms with van der Waals surface area (Å²) >= 11 is 0. The van der Waals surface area contributed by atoms with Crippen LogP contribution < -0.4 is 11.5 Å². The Morgan fingerprint density at radius 1 is 1.38 bits per heavy atom. The Kier molecular flexibility index (Phi) is 1.95. The molecular weight excluding hydrogens is 168 g/mol. The molecule has 1 aromatic rings.